The number of hydrogen-bond donors (Lipinski definition) is 1. The van der Waals surface area contributed by atoms with E-state index < -0.39 is 0 Å². The molecule has 0 atom stereocenters. The van der Waals surface area contributed by atoms with Crippen molar-refractivity contribution in [2.75, 3.05) is 44.2 Å². The van der Waals surface area contributed by atoms with Crippen LogP contribution in [0.3, 0.4) is 0 Å². The first kappa shape index (κ1) is 22.3. The molecule has 0 bridgehead atoms. The lowest BCUT2D eigenvalue weighted by atomic mass is 10.0. The number of hydrogen-bond acceptors (Lipinski definition) is 6. The minimum absolute atomic E-state index is 0.0439. The van der Waals surface area contributed by atoms with Gasteiger partial charge in [-0.1, -0.05) is 65.9 Å². The van der Waals surface area contributed by atoms with E-state index in [1.807, 2.05) is 24.3 Å². The molecule has 1 N–H and O–H groups in total. The summed E-state index contributed by atoms with van der Waals surface area (Å²) in [4.78, 5) is 34.5. The zero-order valence-electron chi connectivity index (χ0n) is 18.8. The summed E-state index contributed by atoms with van der Waals surface area (Å²) in [5.74, 6) is -0.163. The van der Waals surface area contributed by atoms with Crippen LogP contribution in [0, 0.1) is 0 Å². The van der Waals surface area contributed by atoms with Crippen molar-refractivity contribution in [2.45, 2.75) is 0 Å². The number of anilines is 1. The smallest absolute Gasteiger partial charge is 0.251 e. The van der Waals surface area contributed by atoms with E-state index in [1.165, 1.54) is 4.70 Å². The number of amides is 1. The number of piperazine rings is 1. The van der Waals surface area contributed by atoms with Crippen LogP contribution in [0.25, 0.3) is 10.2 Å². The average Bonchev–Trinajstić information content (AvgIpc) is 3.34. The molecule has 0 unspecified atom stereocenters. The van der Waals surface area contributed by atoms with Crippen molar-refractivity contribution in [3.05, 3.63) is 95.6 Å². The van der Waals surface area contributed by atoms with Crippen LogP contribution < -0.4 is 10.2 Å². The molecule has 0 saturated carbocycles. The summed E-state index contributed by atoms with van der Waals surface area (Å²) >= 11 is 1.74. The number of ketones is 1. The maximum Gasteiger partial charge on any atom is 0.251 e. The van der Waals surface area contributed by atoms with Gasteiger partial charge in [0.25, 0.3) is 5.91 Å². The van der Waals surface area contributed by atoms with Gasteiger partial charge in [-0.3, -0.25) is 14.5 Å². The number of nitrogens with one attached hydrogen (secondary N) is 1. The summed E-state index contributed by atoms with van der Waals surface area (Å²) in [7, 11) is 0. The first-order valence-corrected chi connectivity index (χ1v) is 12.3. The number of carbonyl (C=O) groups excluding carboxylic acids is 2. The molecule has 5 rings (SSSR count). The summed E-state index contributed by atoms with van der Waals surface area (Å²) < 4.78 is 1.22. The van der Waals surface area contributed by atoms with Gasteiger partial charge < -0.3 is 10.2 Å². The van der Waals surface area contributed by atoms with Crippen LogP contribution in [0.2, 0.25) is 0 Å². The van der Waals surface area contributed by atoms with Crippen molar-refractivity contribution in [1.82, 2.24) is 15.2 Å². The van der Waals surface area contributed by atoms with Gasteiger partial charge in [-0.2, -0.15) is 0 Å². The van der Waals surface area contributed by atoms with E-state index in [9.17, 15) is 9.59 Å². The number of para-hydroxylation sites is 1. The number of benzene rings is 3. The lowest BCUT2D eigenvalue weighted by molar-refractivity contribution is 0.0946. The Morgan fingerprint density at radius 3 is 2.18 bits per heavy atom. The van der Waals surface area contributed by atoms with Gasteiger partial charge in [0.05, 0.1) is 10.2 Å². The van der Waals surface area contributed by atoms with Gasteiger partial charge in [-0.15, -0.1) is 0 Å². The highest BCUT2D eigenvalue weighted by atomic mass is 32.1. The van der Waals surface area contributed by atoms with Gasteiger partial charge in [0, 0.05) is 56.0 Å². The number of aromatic nitrogens is 1. The minimum atomic E-state index is -0.119. The lowest BCUT2D eigenvalue weighted by Gasteiger charge is -2.34. The molecule has 6 nitrogen and oxygen atoms in total. The Bertz CT molecular complexity index is 1250. The molecule has 1 aromatic heterocycles. The minimum Gasteiger partial charge on any atom is -0.351 e. The third-order valence-corrected chi connectivity index (χ3v) is 7.18. The fraction of sp³-hybridized carbons (Fsp3) is 0.222. The number of thiazole rings is 1. The van der Waals surface area contributed by atoms with Crippen LogP contribution in [-0.2, 0) is 0 Å². The zero-order chi connectivity index (χ0) is 23.3. The maximum absolute atomic E-state index is 12.5. The van der Waals surface area contributed by atoms with Gasteiger partial charge in [0.2, 0.25) is 0 Å². The largest absolute Gasteiger partial charge is 0.351 e. The van der Waals surface area contributed by atoms with E-state index in [-0.39, 0.29) is 11.7 Å². The summed E-state index contributed by atoms with van der Waals surface area (Å²) in [6.07, 6.45) is 0. The monoisotopic (exact) mass is 470 g/mol. The predicted molar refractivity (Wildman–Crippen MR) is 137 cm³/mol. The third kappa shape index (κ3) is 5.00. The van der Waals surface area contributed by atoms with Crippen LogP contribution in [0.1, 0.15) is 26.3 Å². The van der Waals surface area contributed by atoms with Crippen LogP contribution >= 0.6 is 11.3 Å². The highest BCUT2D eigenvalue weighted by Crippen LogP contribution is 2.29. The molecule has 0 aliphatic carbocycles. The van der Waals surface area contributed by atoms with E-state index in [1.54, 1.807) is 47.7 Å². The van der Waals surface area contributed by atoms with Crippen LogP contribution in [0.5, 0.6) is 0 Å². The lowest BCUT2D eigenvalue weighted by Crippen LogP contribution is -2.48. The van der Waals surface area contributed by atoms with Gasteiger partial charge in [0.15, 0.2) is 10.9 Å². The Morgan fingerprint density at radius 2 is 1.44 bits per heavy atom. The van der Waals surface area contributed by atoms with E-state index in [2.05, 4.69) is 33.3 Å². The van der Waals surface area contributed by atoms with E-state index >= 15 is 0 Å². The molecule has 172 valence electrons. The van der Waals surface area contributed by atoms with E-state index in [0.29, 0.717) is 23.2 Å². The van der Waals surface area contributed by atoms with Gasteiger partial charge in [0.1, 0.15) is 0 Å². The van der Waals surface area contributed by atoms with Crippen molar-refractivity contribution in [2.24, 2.45) is 0 Å². The fourth-order valence-corrected chi connectivity index (χ4v) is 5.13. The topological polar surface area (TPSA) is 65.5 Å². The Hall–Kier alpha value is -3.55. The van der Waals surface area contributed by atoms with Crippen LogP contribution in [-0.4, -0.2) is 60.8 Å². The van der Waals surface area contributed by atoms with Gasteiger partial charge in [-0.25, -0.2) is 4.98 Å². The van der Waals surface area contributed by atoms with E-state index in [4.69, 9.17) is 4.98 Å². The molecule has 2 heterocycles. The Balaban J connectivity index is 1.08. The van der Waals surface area contributed by atoms with Gasteiger partial charge >= 0.3 is 0 Å². The molecule has 7 heteroatoms. The summed E-state index contributed by atoms with van der Waals surface area (Å²) in [6.45, 7) is 5.16. The summed E-state index contributed by atoms with van der Waals surface area (Å²) in [6, 6.07) is 24.3. The zero-order valence-corrected chi connectivity index (χ0v) is 19.6. The summed E-state index contributed by atoms with van der Waals surface area (Å²) in [5, 5.41) is 4.08. The molecule has 1 saturated heterocycles. The second kappa shape index (κ2) is 10.2. The van der Waals surface area contributed by atoms with Crippen molar-refractivity contribution in [3.63, 3.8) is 0 Å². The molecule has 3 aromatic carbocycles. The fourth-order valence-electron chi connectivity index (χ4n) is 4.12. The number of nitrogens with zero attached hydrogens (tertiary/aromatic N) is 3. The molecule has 1 fully saturated rings. The molecular weight excluding hydrogens is 444 g/mol. The van der Waals surface area contributed by atoms with Crippen molar-refractivity contribution in [1.29, 1.82) is 0 Å². The first-order valence-electron chi connectivity index (χ1n) is 11.5. The normalized spacial score (nSPS) is 14.3. The van der Waals surface area contributed by atoms with Crippen molar-refractivity contribution in [3.8, 4) is 0 Å². The molecule has 4 aromatic rings. The van der Waals surface area contributed by atoms with Crippen LogP contribution in [0.4, 0.5) is 5.13 Å². The Labute approximate surface area is 202 Å². The maximum atomic E-state index is 12.5. The Kier molecular flexibility index (Phi) is 6.65. The van der Waals surface area contributed by atoms with E-state index in [0.717, 1.165) is 43.4 Å². The molecule has 0 radical (unpaired) electrons. The second-order valence-electron chi connectivity index (χ2n) is 8.32. The molecule has 1 amide bonds. The number of rotatable bonds is 7. The molecule has 1 aliphatic rings. The van der Waals surface area contributed by atoms with Crippen LogP contribution in [0.15, 0.2) is 78.9 Å². The molecule has 34 heavy (non-hydrogen) atoms. The second-order valence-corrected chi connectivity index (χ2v) is 9.33. The van der Waals surface area contributed by atoms with Gasteiger partial charge in [-0.05, 0) is 24.3 Å². The molecular formula is C27H26N4O2S. The SMILES string of the molecule is O=C(NCCN1CCN(c2nc3ccccc3s2)CC1)c1ccc(C(=O)c2ccccc2)cc1. The molecule has 0 spiro atoms. The summed E-state index contributed by atoms with van der Waals surface area (Å²) in [5.41, 5.74) is 2.84. The Morgan fingerprint density at radius 1 is 0.794 bits per heavy atom. The highest BCUT2D eigenvalue weighted by Gasteiger charge is 2.20. The predicted octanol–water partition coefficient (Wildman–Crippen LogP) is 4.08. The first-order chi connectivity index (χ1) is 16.7. The average molecular weight is 471 g/mol. The quantitative estimate of drug-likeness (QED) is 0.413. The standard InChI is InChI=1S/C27H26N4O2S/c32-25(20-6-2-1-3-7-20)21-10-12-22(13-11-21)26(33)28-14-15-30-16-18-31(19-17-30)27-29-23-8-4-5-9-24(23)34-27/h1-13H,14-19H2,(H,28,33). The number of carbonyl (C=O) groups is 2. The molecule has 1 aliphatic heterocycles. The van der Waals surface area contributed by atoms with Crippen molar-refractivity contribution < 1.29 is 9.59 Å². The third-order valence-electron chi connectivity index (χ3n) is 6.08. The van der Waals surface area contributed by atoms with Crippen molar-refractivity contribution >= 4 is 38.4 Å². The highest BCUT2D eigenvalue weighted by molar-refractivity contribution is 7.22. The number of fused-ring (bicyclic) bond motifs is 1.